The summed E-state index contributed by atoms with van der Waals surface area (Å²) in [7, 11) is 0. The average Bonchev–Trinajstić information content (AvgIpc) is 2.59. The summed E-state index contributed by atoms with van der Waals surface area (Å²) in [4.78, 5) is 12.6. The summed E-state index contributed by atoms with van der Waals surface area (Å²) >= 11 is 7.59. The standard InChI is InChI=1S/C20H19ClN2OS/c1-12(2)11-25-20-15(10-22)18(13-6-8-14(21)9-7-13)19-16(23-20)4-3-5-17(19)24/h6-9,18,23H,1,3-5,11H2,2H3/t18-/m0/s1. The molecule has 1 N–H and O–H groups in total. The number of hydrogen-bond donors (Lipinski definition) is 1. The zero-order valence-electron chi connectivity index (χ0n) is 14.1. The minimum atomic E-state index is -0.320. The molecule has 3 nitrogen and oxygen atoms in total. The zero-order valence-corrected chi connectivity index (χ0v) is 15.6. The third-order valence-electron chi connectivity index (χ3n) is 4.33. The van der Waals surface area contributed by atoms with Crippen LogP contribution in [0.2, 0.25) is 5.02 Å². The number of halogens is 1. The summed E-state index contributed by atoms with van der Waals surface area (Å²) < 4.78 is 0. The molecule has 1 aromatic carbocycles. The molecular weight excluding hydrogens is 352 g/mol. The number of thioether (sulfide) groups is 1. The van der Waals surface area contributed by atoms with E-state index < -0.39 is 0 Å². The van der Waals surface area contributed by atoms with Gasteiger partial charge in [0.15, 0.2) is 5.78 Å². The largest absolute Gasteiger partial charge is 0.352 e. The Morgan fingerprint density at radius 2 is 2.12 bits per heavy atom. The highest BCUT2D eigenvalue weighted by Crippen LogP contribution is 2.44. The lowest BCUT2D eigenvalue weighted by atomic mass is 9.77. The summed E-state index contributed by atoms with van der Waals surface area (Å²) in [5.74, 6) is 0.543. The molecule has 1 aromatic rings. The Kier molecular flexibility index (Phi) is 5.36. The molecule has 0 unspecified atom stereocenters. The number of allylic oxidation sites excluding steroid dienone is 3. The quantitative estimate of drug-likeness (QED) is 0.751. The number of nitrogens with one attached hydrogen (secondary N) is 1. The van der Waals surface area contributed by atoms with E-state index in [-0.39, 0.29) is 11.7 Å². The van der Waals surface area contributed by atoms with E-state index in [2.05, 4.69) is 18.0 Å². The lowest BCUT2D eigenvalue weighted by molar-refractivity contribution is -0.116. The van der Waals surface area contributed by atoms with E-state index in [1.165, 1.54) is 0 Å². The van der Waals surface area contributed by atoms with Crippen molar-refractivity contribution < 1.29 is 4.79 Å². The van der Waals surface area contributed by atoms with Crippen LogP contribution in [0.1, 0.15) is 37.7 Å². The van der Waals surface area contributed by atoms with Crippen molar-refractivity contribution in [1.82, 2.24) is 5.32 Å². The van der Waals surface area contributed by atoms with Crippen molar-refractivity contribution in [2.75, 3.05) is 5.75 Å². The van der Waals surface area contributed by atoms with E-state index in [0.29, 0.717) is 17.0 Å². The molecule has 0 saturated carbocycles. The Labute approximate surface area is 157 Å². The third-order valence-corrected chi connectivity index (χ3v) is 5.83. The van der Waals surface area contributed by atoms with Crippen LogP contribution in [-0.2, 0) is 4.79 Å². The molecule has 0 bridgehead atoms. The molecule has 1 heterocycles. The van der Waals surface area contributed by atoms with Crippen LogP contribution in [0.4, 0.5) is 0 Å². The molecule has 5 heteroatoms. The van der Waals surface area contributed by atoms with Crippen LogP contribution >= 0.6 is 23.4 Å². The summed E-state index contributed by atoms with van der Waals surface area (Å²) in [6, 6.07) is 9.77. The Morgan fingerprint density at radius 3 is 2.76 bits per heavy atom. The molecule has 128 valence electrons. The number of carbonyl (C=O) groups is 1. The zero-order chi connectivity index (χ0) is 18.0. The van der Waals surface area contributed by atoms with Gasteiger partial charge >= 0.3 is 0 Å². The van der Waals surface area contributed by atoms with Crippen molar-refractivity contribution >= 4 is 29.1 Å². The molecule has 3 rings (SSSR count). The Morgan fingerprint density at radius 1 is 1.40 bits per heavy atom. The number of nitrogens with zero attached hydrogens (tertiary/aromatic N) is 1. The van der Waals surface area contributed by atoms with E-state index in [1.54, 1.807) is 11.8 Å². The molecule has 1 aliphatic heterocycles. The fraction of sp³-hybridized carbons (Fsp3) is 0.300. The SMILES string of the molecule is C=C(C)CSC1=C(C#N)[C@H](c2ccc(Cl)cc2)C2=C(CCCC2=O)N1. The number of nitriles is 1. The molecule has 2 aliphatic rings. The first kappa shape index (κ1) is 17.8. The fourth-order valence-electron chi connectivity index (χ4n) is 3.22. The molecule has 25 heavy (non-hydrogen) atoms. The van der Waals surface area contributed by atoms with Crippen LogP contribution in [0.15, 0.2) is 58.3 Å². The van der Waals surface area contributed by atoms with Gasteiger partial charge in [-0.1, -0.05) is 35.9 Å². The van der Waals surface area contributed by atoms with Crippen molar-refractivity contribution in [2.24, 2.45) is 0 Å². The maximum atomic E-state index is 12.6. The van der Waals surface area contributed by atoms with Gasteiger partial charge in [-0.25, -0.2) is 0 Å². The molecule has 0 saturated heterocycles. The van der Waals surface area contributed by atoms with Gasteiger partial charge in [-0.05, 0) is 37.5 Å². The number of carbonyl (C=O) groups excluding carboxylic acids is 1. The first-order valence-electron chi connectivity index (χ1n) is 8.21. The number of hydrogen-bond acceptors (Lipinski definition) is 4. The van der Waals surface area contributed by atoms with Crippen LogP contribution in [-0.4, -0.2) is 11.5 Å². The summed E-state index contributed by atoms with van der Waals surface area (Å²) in [6.45, 7) is 5.90. The van der Waals surface area contributed by atoms with E-state index >= 15 is 0 Å². The molecule has 1 atom stereocenters. The third kappa shape index (κ3) is 3.68. The molecule has 0 radical (unpaired) electrons. The predicted molar refractivity (Wildman–Crippen MR) is 103 cm³/mol. The Hall–Kier alpha value is -1.96. The van der Waals surface area contributed by atoms with Crippen LogP contribution in [0.25, 0.3) is 0 Å². The van der Waals surface area contributed by atoms with Gasteiger partial charge in [0.05, 0.1) is 22.6 Å². The molecule has 1 aliphatic carbocycles. The van der Waals surface area contributed by atoms with Gasteiger partial charge in [0, 0.05) is 28.5 Å². The first-order chi connectivity index (χ1) is 12.0. The number of benzene rings is 1. The second-order valence-corrected chi connectivity index (χ2v) is 7.80. The van der Waals surface area contributed by atoms with Crippen molar-refractivity contribution in [2.45, 2.75) is 32.1 Å². The highest BCUT2D eigenvalue weighted by Gasteiger charge is 2.36. The number of rotatable bonds is 4. The van der Waals surface area contributed by atoms with Gasteiger partial charge in [-0.2, -0.15) is 5.26 Å². The molecule has 0 spiro atoms. The minimum Gasteiger partial charge on any atom is -0.352 e. The smallest absolute Gasteiger partial charge is 0.161 e. The molecule has 0 aromatic heterocycles. The maximum absolute atomic E-state index is 12.6. The van der Waals surface area contributed by atoms with Crippen molar-refractivity contribution in [1.29, 1.82) is 5.26 Å². The van der Waals surface area contributed by atoms with Gasteiger partial charge in [0.2, 0.25) is 0 Å². The highest BCUT2D eigenvalue weighted by atomic mass is 35.5. The second kappa shape index (κ2) is 7.51. The predicted octanol–water partition coefficient (Wildman–Crippen LogP) is 5.08. The van der Waals surface area contributed by atoms with Crippen LogP contribution in [0.5, 0.6) is 0 Å². The van der Waals surface area contributed by atoms with Gasteiger partial charge in [-0.15, -0.1) is 11.8 Å². The van der Waals surface area contributed by atoms with Gasteiger partial charge < -0.3 is 5.32 Å². The van der Waals surface area contributed by atoms with Crippen LogP contribution < -0.4 is 5.32 Å². The molecule has 0 amide bonds. The summed E-state index contributed by atoms with van der Waals surface area (Å²) in [5.41, 5.74) is 4.27. The summed E-state index contributed by atoms with van der Waals surface area (Å²) in [5, 5.41) is 14.7. The van der Waals surface area contributed by atoms with Gasteiger partial charge in [0.25, 0.3) is 0 Å². The fourth-order valence-corrected chi connectivity index (χ4v) is 4.25. The Balaban J connectivity index is 2.11. The Bertz CT molecular complexity index is 830. The van der Waals surface area contributed by atoms with Crippen LogP contribution in [0, 0.1) is 11.3 Å². The van der Waals surface area contributed by atoms with E-state index in [1.807, 2.05) is 31.2 Å². The van der Waals surface area contributed by atoms with Crippen molar-refractivity contribution in [3.8, 4) is 6.07 Å². The summed E-state index contributed by atoms with van der Waals surface area (Å²) in [6.07, 6.45) is 2.22. The van der Waals surface area contributed by atoms with Crippen molar-refractivity contribution in [3.63, 3.8) is 0 Å². The number of dihydropyridines is 1. The first-order valence-corrected chi connectivity index (χ1v) is 9.57. The number of Topliss-reactive ketones (excluding diaryl/α,β-unsaturated/α-hetero) is 1. The van der Waals surface area contributed by atoms with Crippen molar-refractivity contribution in [3.05, 3.63) is 68.9 Å². The molecular formula is C20H19ClN2OS. The van der Waals surface area contributed by atoms with E-state index in [4.69, 9.17) is 11.6 Å². The minimum absolute atomic E-state index is 0.130. The highest BCUT2D eigenvalue weighted by molar-refractivity contribution is 8.03. The van der Waals surface area contributed by atoms with Crippen LogP contribution in [0.3, 0.4) is 0 Å². The van der Waals surface area contributed by atoms with Gasteiger partial charge in [0.1, 0.15) is 0 Å². The van der Waals surface area contributed by atoms with E-state index in [9.17, 15) is 10.1 Å². The second-order valence-electron chi connectivity index (χ2n) is 6.38. The lowest BCUT2D eigenvalue weighted by Crippen LogP contribution is -2.31. The number of ketones is 1. The average molecular weight is 371 g/mol. The van der Waals surface area contributed by atoms with E-state index in [0.717, 1.165) is 46.0 Å². The topological polar surface area (TPSA) is 52.9 Å². The molecule has 0 fully saturated rings. The monoisotopic (exact) mass is 370 g/mol. The van der Waals surface area contributed by atoms with Gasteiger partial charge in [-0.3, -0.25) is 4.79 Å². The normalized spacial score (nSPS) is 20.0. The lowest BCUT2D eigenvalue weighted by Gasteiger charge is -2.33. The maximum Gasteiger partial charge on any atom is 0.161 e.